The van der Waals surface area contributed by atoms with Gasteiger partial charge in [-0.05, 0) is 13.8 Å². The molecule has 0 spiro atoms. The first-order chi connectivity index (χ1) is 8.06. The summed E-state index contributed by atoms with van der Waals surface area (Å²) in [6.45, 7) is 4.38. The Morgan fingerprint density at radius 2 is 1.94 bits per heavy atom. The first-order valence-electron chi connectivity index (χ1n) is 5.80. The number of benzene rings is 1. The van der Waals surface area contributed by atoms with Gasteiger partial charge < -0.3 is 10.1 Å². The van der Waals surface area contributed by atoms with Crippen molar-refractivity contribution in [2.45, 2.75) is 25.8 Å². The number of hydrogen-bond donors (Lipinski definition) is 1. The molecule has 1 N–H and O–H groups in total. The minimum atomic E-state index is -2.85. The van der Waals surface area contributed by atoms with E-state index in [0.29, 0.717) is 13.2 Å². The van der Waals surface area contributed by atoms with E-state index in [9.17, 15) is 8.78 Å². The molecule has 0 bridgehead atoms. The zero-order valence-electron chi connectivity index (χ0n) is 10.2. The van der Waals surface area contributed by atoms with E-state index in [0.717, 1.165) is 0 Å². The van der Waals surface area contributed by atoms with Crippen LogP contribution in [0.3, 0.4) is 0 Å². The molecule has 96 valence electrons. The van der Waals surface area contributed by atoms with Crippen molar-refractivity contribution in [1.82, 2.24) is 5.32 Å². The maximum atomic E-state index is 13.7. The van der Waals surface area contributed by atoms with Crippen LogP contribution >= 0.6 is 0 Å². The van der Waals surface area contributed by atoms with Gasteiger partial charge in [0, 0.05) is 18.2 Å². The lowest BCUT2D eigenvalue weighted by molar-refractivity contribution is -0.00834. The highest BCUT2D eigenvalue weighted by Crippen LogP contribution is 2.26. The van der Waals surface area contributed by atoms with Crippen LogP contribution in [-0.4, -0.2) is 25.8 Å². The Kier molecular flexibility index (Phi) is 5.51. The highest BCUT2D eigenvalue weighted by Gasteiger charge is 2.31. The predicted molar refractivity (Wildman–Crippen MR) is 64.3 cm³/mol. The number of nitrogens with one attached hydrogen (secondary N) is 1. The van der Waals surface area contributed by atoms with Crippen LogP contribution in [0.5, 0.6) is 0 Å². The monoisotopic (exact) mass is 243 g/mol. The van der Waals surface area contributed by atoms with Crippen LogP contribution in [0.4, 0.5) is 8.78 Å². The van der Waals surface area contributed by atoms with E-state index in [-0.39, 0.29) is 18.2 Å². The molecule has 1 rings (SSSR count). The van der Waals surface area contributed by atoms with Crippen molar-refractivity contribution < 1.29 is 13.5 Å². The van der Waals surface area contributed by atoms with Crippen LogP contribution in [0.2, 0.25) is 0 Å². The molecule has 0 aromatic heterocycles. The maximum Gasteiger partial charge on any atom is 0.285 e. The molecule has 4 heteroatoms. The second kappa shape index (κ2) is 6.67. The highest BCUT2D eigenvalue weighted by atomic mass is 19.3. The Bertz CT molecular complexity index is 316. The van der Waals surface area contributed by atoms with Crippen molar-refractivity contribution in [3.05, 3.63) is 35.9 Å². The van der Waals surface area contributed by atoms with Gasteiger partial charge in [0.05, 0.1) is 13.2 Å². The van der Waals surface area contributed by atoms with Crippen molar-refractivity contribution in [2.24, 2.45) is 0 Å². The summed E-state index contributed by atoms with van der Waals surface area (Å²) in [6, 6.07) is 7.76. The zero-order chi connectivity index (χ0) is 12.7. The first-order valence-corrected chi connectivity index (χ1v) is 5.80. The summed E-state index contributed by atoms with van der Waals surface area (Å²) in [6.07, 6.45) is 0. The summed E-state index contributed by atoms with van der Waals surface area (Å²) < 4.78 is 32.6. The van der Waals surface area contributed by atoms with Crippen LogP contribution in [0, 0.1) is 0 Å². The van der Waals surface area contributed by atoms with Crippen molar-refractivity contribution in [3.8, 4) is 0 Å². The highest BCUT2D eigenvalue weighted by molar-refractivity contribution is 5.20. The summed E-state index contributed by atoms with van der Waals surface area (Å²) in [5, 5.41) is 2.78. The summed E-state index contributed by atoms with van der Waals surface area (Å²) >= 11 is 0. The topological polar surface area (TPSA) is 21.3 Å². The van der Waals surface area contributed by atoms with Crippen LogP contribution in [-0.2, 0) is 10.7 Å². The van der Waals surface area contributed by atoms with E-state index in [1.165, 1.54) is 12.1 Å². The molecule has 2 nitrogen and oxygen atoms in total. The van der Waals surface area contributed by atoms with Gasteiger partial charge in [-0.25, -0.2) is 0 Å². The maximum absolute atomic E-state index is 13.7. The standard InChI is InChI=1S/C13H19F2NO/c1-3-17-9-11(2)16-10-13(14,15)12-7-5-4-6-8-12/h4-8,11,16H,3,9-10H2,1-2H3. The van der Waals surface area contributed by atoms with Gasteiger partial charge in [-0.2, -0.15) is 8.78 Å². The largest absolute Gasteiger partial charge is 0.380 e. The zero-order valence-corrected chi connectivity index (χ0v) is 10.2. The molecule has 0 saturated heterocycles. The lowest BCUT2D eigenvalue weighted by atomic mass is 10.1. The van der Waals surface area contributed by atoms with Crippen molar-refractivity contribution in [1.29, 1.82) is 0 Å². The molecule has 0 aliphatic carbocycles. The first kappa shape index (κ1) is 14.1. The Labute approximate surface area is 101 Å². The smallest absolute Gasteiger partial charge is 0.285 e. The molecule has 0 amide bonds. The van der Waals surface area contributed by atoms with E-state index >= 15 is 0 Å². The van der Waals surface area contributed by atoms with Crippen molar-refractivity contribution >= 4 is 0 Å². The van der Waals surface area contributed by atoms with Gasteiger partial charge >= 0.3 is 0 Å². The summed E-state index contributed by atoms with van der Waals surface area (Å²) in [5.41, 5.74) is 0.0381. The molecule has 0 fully saturated rings. The van der Waals surface area contributed by atoms with Gasteiger partial charge in [0.2, 0.25) is 0 Å². The molecular weight excluding hydrogens is 224 g/mol. The second-order valence-electron chi connectivity index (χ2n) is 4.01. The third kappa shape index (κ3) is 4.79. The molecule has 1 aromatic rings. The van der Waals surface area contributed by atoms with Crippen LogP contribution in [0.25, 0.3) is 0 Å². The minimum absolute atomic E-state index is 0.0381. The van der Waals surface area contributed by atoms with Gasteiger partial charge in [0.1, 0.15) is 0 Å². The van der Waals surface area contributed by atoms with E-state index in [4.69, 9.17) is 4.74 Å². The summed E-state index contributed by atoms with van der Waals surface area (Å²) in [4.78, 5) is 0. The fraction of sp³-hybridized carbons (Fsp3) is 0.538. The molecule has 0 heterocycles. The minimum Gasteiger partial charge on any atom is -0.380 e. The molecule has 0 saturated carbocycles. The van der Waals surface area contributed by atoms with Gasteiger partial charge in [0.25, 0.3) is 5.92 Å². The van der Waals surface area contributed by atoms with E-state index in [1.807, 2.05) is 13.8 Å². The molecule has 0 aliphatic heterocycles. The SMILES string of the molecule is CCOCC(C)NCC(F)(F)c1ccccc1. The summed E-state index contributed by atoms with van der Waals surface area (Å²) in [7, 11) is 0. The van der Waals surface area contributed by atoms with Gasteiger partial charge in [-0.15, -0.1) is 0 Å². The van der Waals surface area contributed by atoms with E-state index in [1.54, 1.807) is 18.2 Å². The van der Waals surface area contributed by atoms with E-state index in [2.05, 4.69) is 5.32 Å². The molecule has 17 heavy (non-hydrogen) atoms. The number of rotatable bonds is 7. The van der Waals surface area contributed by atoms with Crippen molar-refractivity contribution in [2.75, 3.05) is 19.8 Å². The Morgan fingerprint density at radius 3 is 2.53 bits per heavy atom. The van der Waals surface area contributed by atoms with Gasteiger partial charge in [0.15, 0.2) is 0 Å². The fourth-order valence-electron chi connectivity index (χ4n) is 1.44. The van der Waals surface area contributed by atoms with Crippen LogP contribution in [0.15, 0.2) is 30.3 Å². The van der Waals surface area contributed by atoms with Gasteiger partial charge in [-0.3, -0.25) is 0 Å². The van der Waals surface area contributed by atoms with Crippen molar-refractivity contribution in [3.63, 3.8) is 0 Å². The third-order valence-electron chi connectivity index (χ3n) is 2.44. The number of alkyl halides is 2. The lowest BCUT2D eigenvalue weighted by Crippen LogP contribution is -2.38. The van der Waals surface area contributed by atoms with Gasteiger partial charge in [-0.1, -0.05) is 30.3 Å². The fourth-order valence-corrected chi connectivity index (χ4v) is 1.44. The van der Waals surface area contributed by atoms with E-state index < -0.39 is 5.92 Å². The average Bonchev–Trinajstić information content (AvgIpc) is 2.35. The molecule has 0 radical (unpaired) electrons. The molecule has 0 aliphatic rings. The molecular formula is C13H19F2NO. The third-order valence-corrected chi connectivity index (χ3v) is 2.44. The summed E-state index contributed by atoms with van der Waals surface area (Å²) in [5.74, 6) is -2.85. The Balaban J connectivity index is 2.45. The van der Waals surface area contributed by atoms with Crippen LogP contribution in [0.1, 0.15) is 19.4 Å². The normalized spacial score (nSPS) is 13.6. The lowest BCUT2D eigenvalue weighted by Gasteiger charge is -2.20. The number of ether oxygens (including phenoxy) is 1. The number of hydrogen-bond acceptors (Lipinski definition) is 2. The Morgan fingerprint density at radius 1 is 1.29 bits per heavy atom. The molecule has 1 unspecified atom stereocenters. The quantitative estimate of drug-likeness (QED) is 0.795. The Hall–Kier alpha value is -1.00. The molecule has 1 atom stereocenters. The predicted octanol–water partition coefficient (Wildman–Crippen LogP) is 2.79. The average molecular weight is 243 g/mol. The molecule has 1 aromatic carbocycles. The number of halogens is 2. The van der Waals surface area contributed by atoms with Crippen LogP contribution < -0.4 is 5.32 Å². The second-order valence-corrected chi connectivity index (χ2v) is 4.01.